The van der Waals surface area contributed by atoms with Crippen molar-refractivity contribution in [3.8, 4) is 11.1 Å². The van der Waals surface area contributed by atoms with Gasteiger partial charge in [-0.05, 0) is 65.4 Å². The number of alkyl halides is 3. The third kappa shape index (κ3) is 5.30. The average molecular weight is 629 g/mol. The molecule has 0 radical (unpaired) electrons. The van der Waals surface area contributed by atoms with Crippen molar-refractivity contribution in [3.63, 3.8) is 0 Å². The maximum absolute atomic E-state index is 14.4. The fourth-order valence-corrected chi connectivity index (χ4v) is 6.28. The van der Waals surface area contributed by atoms with Gasteiger partial charge in [-0.1, -0.05) is 6.92 Å². The molecule has 0 atom stereocenters. The summed E-state index contributed by atoms with van der Waals surface area (Å²) in [4.78, 5) is 38.0. The molecule has 0 unspecified atom stereocenters. The zero-order valence-electron chi connectivity index (χ0n) is 25.2. The maximum atomic E-state index is 14.4. The lowest BCUT2D eigenvalue weighted by Gasteiger charge is -2.31. The molecule has 0 saturated carbocycles. The molecule has 10 nitrogen and oxygen atoms in total. The van der Waals surface area contributed by atoms with Crippen LogP contribution in [-0.2, 0) is 32.6 Å². The minimum Gasteiger partial charge on any atom is -0.347 e. The van der Waals surface area contributed by atoms with E-state index in [0.717, 1.165) is 10.2 Å². The van der Waals surface area contributed by atoms with Crippen molar-refractivity contribution in [2.45, 2.75) is 38.5 Å². The van der Waals surface area contributed by atoms with Crippen LogP contribution in [0.3, 0.4) is 0 Å². The number of hydrogen-bond acceptors (Lipinski definition) is 6. The molecule has 2 amide bonds. The highest BCUT2D eigenvalue weighted by molar-refractivity contribution is 6.15. The van der Waals surface area contributed by atoms with E-state index in [1.165, 1.54) is 13.2 Å². The monoisotopic (exact) mass is 628 g/mol. The number of aromatic nitrogens is 5. The van der Waals surface area contributed by atoms with Gasteiger partial charge in [0.2, 0.25) is 0 Å². The van der Waals surface area contributed by atoms with E-state index in [9.17, 15) is 22.8 Å². The Kier molecular flexibility index (Phi) is 7.35. The number of nitrogens with one attached hydrogen (secondary N) is 2. The molecule has 5 heterocycles. The number of benzene rings is 2. The second-order valence-electron chi connectivity index (χ2n) is 11.7. The van der Waals surface area contributed by atoms with Gasteiger partial charge in [0.15, 0.2) is 5.69 Å². The summed E-state index contributed by atoms with van der Waals surface area (Å²) < 4.78 is 45.3. The minimum atomic E-state index is -4.68. The lowest BCUT2D eigenvalue weighted by Crippen LogP contribution is -2.56. The van der Waals surface area contributed by atoms with Gasteiger partial charge in [-0.3, -0.25) is 19.3 Å². The Labute approximate surface area is 262 Å². The van der Waals surface area contributed by atoms with E-state index in [1.54, 1.807) is 52.6 Å². The van der Waals surface area contributed by atoms with Crippen LogP contribution >= 0.6 is 0 Å². The molecule has 2 N–H and O–H groups in total. The van der Waals surface area contributed by atoms with Crippen LogP contribution in [0.25, 0.3) is 22.0 Å². The van der Waals surface area contributed by atoms with Crippen LogP contribution in [0.5, 0.6) is 0 Å². The number of imidazole rings is 1. The van der Waals surface area contributed by atoms with E-state index in [4.69, 9.17) is 0 Å². The first-order valence-electron chi connectivity index (χ1n) is 15.1. The molecule has 1 fully saturated rings. The predicted octanol–water partition coefficient (Wildman–Crippen LogP) is 4.37. The molecule has 5 aromatic rings. The van der Waals surface area contributed by atoms with Gasteiger partial charge >= 0.3 is 6.18 Å². The molecular weight excluding hydrogens is 597 g/mol. The summed E-state index contributed by atoms with van der Waals surface area (Å²) >= 11 is 0. The summed E-state index contributed by atoms with van der Waals surface area (Å²) in [5.74, 6) is -0.564. The number of hydrogen-bond donors (Lipinski definition) is 2. The summed E-state index contributed by atoms with van der Waals surface area (Å²) in [6, 6.07) is 9.05. The van der Waals surface area contributed by atoms with Crippen LogP contribution in [0.4, 0.5) is 18.9 Å². The minimum absolute atomic E-state index is 0.0413. The lowest BCUT2D eigenvalue weighted by molar-refractivity contribution is -0.141. The van der Waals surface area contributed by atoms with Crippen LogP contribution in [0.15, 0.2) is 61.4 Å². The van der Waals surface area contributed by atoms with Crippen LogP contribution < -0.4 is 15.5 Å². The average Bonchev–Trinajstić information content (AvgIpc) is 3.67. The van der Waals surface area contributed by atoms with Gasteiger partial charge in [0.25, 0.3) is 11.8 Å². The van der Waals surface area contributed by atoms with Gasteiger partial charge in [0.05, 0.1) is 29.1 Å². The van der Waals surface area contributed by atoms with Gasteiger partial charge in [-0.15, -0.1) is 0 Å². The van der Waals surface area contributed by atoms with E-state index < -0.39 is 11.9 Å². The molecule has 3 aromatic heterocycles. The van der Waals surface area contributed by atoms with Crippen molar-refractivity contribution < 1.29 is 22.8 Å². The molecule has 2 aromatic carbocycles. The number of halogens is 3. The zero-order chi connectivity index (χ0) is 32.2. The first-order chi connectivity index (χ1) is 22.1. The summed E-state index contributed by atoms with van der Waals surface area (Å²) in [6.45, 7) is 3.93. The Morgan fingerprint density at radius 1 is 1.09 bits per heavy atom. The van der Waals surface area contributed by atoms with Crippen molar-refractivity contribution in [1.82, 2.24) is 34.9 Å². The van der Waals surface area contributed by atoms with E-state index >= 15 is 0 Å². The van der Waals surface area contributed by atoms with E-state index in [0.29, 0.717) is 76.9 Å². The smallest absolute Gasteiger partial charge is 0.347 e. The number of pyridine rings is 1. The van der Waals surface area contributed by atoms with Crippen molar-refractivity contribution >= 4 is 28.4 Å². The molecule has 0 aliphatic carbocycles. The molecule has 13 heteroatoms. The van der Waals surface area contributed by atoms with Gasteiger partial charge in [-0.2, -0.15) is 18.3 Å². The highest BCUT2D eigenvalue weighted by Crippen LogP contribution is 2.41. The molecule has 2 aliphatic rings. The number of rotatable bonds is 7. The number of aryl methyl sites for hydroxylation is 2. The Morgan fingerprint density at radius 3 is 2.59 bits per heavy atom. The molecule has 236 valence electrons. The van der Waals surface area contributed by atoms with Gasteiger partial charge < -0.3 is 20.1 Å². The molecule has 1 saturated heterocycles. The van der Waals surface area contributed by atoms with Crippen LogP contribution in [0, 0.1) is 0 Å². The van der Waals surface area contributed by atoms with Crippen LogP contribution in [0.1, 0.15) is 50.0 Å². The Hall–Kier alpha value is -5.04. The van der Waals surface area contributed by atoms with Crippen LogP contribution in [-0.4, -0.2) is 61.8 Å². The number of nitrogens with zero attached hydrogens (tertiary/aromatic N) is 6. The number of fused-ring (bicyclic) bond motifs is 2. The van der Waals surface area contributed by atoms with Crippen molar-refractivity contribution in [3.05, 3.63) is 95.0 Å². The van der Waals surface area contributed by atoms with Gasteiger partial charge in [0, 0.05) is 74.5 Å². The normalized spacial score (nSPS) is 15.2. The largest absolute Gasteiger partial charge is 0.435 e. The predicted molar refractivity (Wildman–Crippen MR) is 166 cm³/mol. The van der Waals surface area contributed by atoms with Gasteiger partial charge in [-0.25, -0.2) is 4.98 Å². The second kappa shape index (κ2) is 11.4. The topological polar surface area (TPSA) is 110 Å². The molecule has 0 spiro atoms. The summed E-state index contributed by atoms with van der Waals surface area (Å²) in [5.41, 5.74) is 3.21. The van der Waals surface area contributed by atoms with Crippen molar-refractivity contribution in [1.29, 1.82) is 0 Å². The van der Waals surface area contributed by atoms with E-state index in [2.05, 4.69) is 25.7 Å². The second-order valence-corrected chi connectivity index (χ2v) is 11.7. The van der Waals surface area contributed by atoms with Crippen molar-refractivity contribution in [2.75, 3.05) is 24.5 Å². The summed E-state index contributed by atoms with van der Waals surface area (Å²) in [6.07, 6.45) is 4.22. The third-order valence-electron chi connectivity index (χ3n) is 8.62. The standard InChI is InChI=1S/C33H31F3N8O2/c1-3-19-10-25-28(4-6-39-29(25)26(11-19)31(45)40-21-14-38-15-21)44-8-5-22-23(27-17-42(2)41-30(27)33(34,35)36)12-20(13-24(22)32(44)46)16-43-9-7-37-18-43/h4,6-7,9-13,17-18,21,38H,3,5,8,14-16H2,1-2H3,(H,40,45). The Balaban J connectivity index is 1.35. The summed E-state index contributed by atoms with van der Waals surface area (Å²) in [7, 11) is 1.45. The summed E-state index contributed by atoms with van der Waals surface area (Å²) in [5, 5.41) is 10.6. The SMILES string of the molecule is CCc1cc(C(=O)NC2CNC2)c2nccc(N3CCc4c(cc(Cn5ccnc5)cc4-c4cn(C)nc4C(F)(F)F)C3=O)c2c1. The maximum Gasteiger partial charge on any atom is 0.435 e. The number of amides is 2. The molecule has 0 bridgehead atoms. The molecular formula is C33H31F3N8O2. The highest BCUT2D eigenvalue weighted by Gasteiger charge is 2.39. The first kappa shape index (κ1) is 29.7. The number of carbonyl (C=O) groups excluding carboxylic acids is 2. The van der Waals surface area contributed by atoms with E-state index in [-0.39, 0.29) is 30.0 Å². The Morgan fingerprint density at radius 2 is 1.89 bits per heavy atom. The fraction of sp³-hybridized carbons (Fsp3) is 0.303. The lowest BCUT2D eigenvalue weighted by atomic mass is 9.87. The Bertz CT molecular complexity index is 1980. The molecule has 46 heavy (non-hydrogen) atoms. The quantitative estimate of drug-likeness (QED) is 0.277. The third-order valence-corrected chi connectivity index (χ3v) is 8.62. The number of anilines is 1. The first-order valence-corrected chi connectivity index (χ1v) is 15.1. The van der Waals surface area contributed by atoms with E-state index in [1.807, 2.05) is 19.1 Å². The van der Waals surface area contributed by atoms with Gasteiger partial charge in [0.1, 0.15) is 0 Å². The zero-order valence-corrected chi connectivity index (χ0v) is 25.2. The number of carbonyl (C=O) groups is 2. The fourth-order valence-electron chi connectivity index (χ4n) is 6.28. The van der Waals surface area contributed by atoms with Crippen LogP contribution in [0.2, 0.25) is 0 Å². The van der Waals surface area contributed by atoms with Crippen molar-refractivity contribution in [2.24, 2.45) is 7.05 Å². The highest BCUT2D eigenvalue weighted by atomic mass is 19.4. The molecule has 7 rings (SSSR count). The molecule has 2 aliphatic heterocycles.